The molecular weight excluding hydrogens is 1780 g/mol. The summed E-state index contributed by atoms with van der Waals surface area (Å²) in [6, 6.07) is 0.681. The Morgan fingerprint density at radius 3 is 1.66 bits per heavy atom. The molecule has 0 aliphatic carbocycles. The van der Waals surface area contributed by atoms with Gasteiger partial charge in [0.05, 0.1) is 29.9 Å². The van der Waals surface area contributed by atoms with Crippen LogP contribution in [0.1, 0.15) is 140 Å². The standard InChI is InChI=1S/C88H97Cl2N9O33/c1-3-4-5-6-7-8-9-10-60(108)94-68-74(113)71(110)58(32-101)129-87(68)132-78-55-26-40-27-56(78)126-52-18-14-38(24-47(52)90)77(131-86-67(92-34(2)103)73(112)70(109)57(31-100)128-86)69-84(121)98-66(85(122)123)45-29-42(105)30-54(127-88-76(115)75(114)72(111)59(33-102)130-88)61(45)44-23-37(13-15-49(44)106)63(81(118)99-69)96-83(120)65(40)97-82(119)64-39-21-41(104)28-43(22-39)124-53-25-36(12-16-50(53)107)62(91)80(117)93-48(79(116)95-64)20-35-11-17-51(125-55)46(89)19-35/h11-19,21-30,48,57-59,62-77,86-88,100-102,104-107,109-115H,3-10,20,31-33,91H2,1-2H3,(H,92,103)(H,93,117)(H,94,108)(H,95,116)(H,96,120)(H,97,119)(H,98,121)(H,99,118)(H,122,123)/t48-,57-,58-,59-,62+,63-,64+,65-,66?,67-,68-,69+,70-,71-,72-,73-,74-,75+,76+,77-,86+,87+,88+/m1/s1. The van der Waals surface area contributed by atoms with Gasteiger partial charge in [-0.05, 0) is 119 Å². The van der Waals surface area contributed by atoms with Crippen LogP contribution < -0.4 is 72.0 Å². The summed E-state index contributed by atoms with van der Waals surface area (Å²) in [5.41, 5.74) is 2.79. The molecule has 25 N–H and O–H groups in total. The number of aliphatic hydroxyl groups is 10. The van der Waals surface area contributed by atoms with E-state index in [0.717, 1.165) is 124 Å². The Bertz CT molecular complexity index is 5540. The van der Waals surface area contributed by atoms with Crippen LogP contribution in [0.3, 0.4) is 0 Å². The fourth-order valence-electron chi connectivity index (χ4n) is 16.5. The highest BCUT2D eigenvalue weighted by molar-refractivity contribution is 6.32. The predicted molar refractivity (Wildman–Crippen MR) is 453 cm³/mol. The fourth-order valence-corrected chi connectivity index (χ4v) is 17.0. The van der Waals surface area contributed by atoms with Gasteiger partial charge in [0.15, 0.2) is 35.3 Å². The summed E-state index contributed by atoms with van der Waals surface area (Å²) in [6.45, 7) is -0.110. The van der Waals surface area contributed by atoms with Crippen LogP contribution >= 0.6 is 23.2 Å². The van der Waals surface area contributed by atoms with Crippen LogP contribution in [0.5, 0.6) is 69.0 Å². The summed E-state index contributed by atoms with van der Waals surface area (Å²) in [7, 11) is 0. The van der Waals surface area contributed by atoms with Crippen LogP contribution in [0.15, 0.2) is 115 Å². The molecule has 16 rings (SSSR count). The van der Waals surface area contributed by atoms with E-state index >= 15 is 24.0 Å². The molecule has 0 spiro atoms. The maximum atomic E-state index is 17.0. The third-order valence-electron chi connectivity index (χ3n) is 23.5. The van der Waals surface area contributed by atoms with Crippen LogP contribution in [0.2, 0.25) is 10.0 Å². The van der Waals surface area contributed by atoms with Gasteiger partial charge in [0.2, 0.25) is 65.6 Å². The lowest BCUT2D eigenvalue weighted by molar-refractivity contribution is -0.284. The van der Waals surface area contributed by atoms with Crippen molar-refractivity contribution in [2.24, 2.45) is 5.73 Å². The highest BCUT2D eigenvalue weighted by atomic mass is 35.5. The van der Waals surface area contributed by atoms with E-state index in [0.29, 0.717) is 12.8 Å². The quantitative estimate of drug-likeness (QED) is 0.0476. The van der Waals surface area contributed by atoms with E-state index in [4.69, 9.17) is 71.6 Å². The lowest BCUT2D eigenvalue weighted by Gasteiger charge is -2.44. The van der Waals surface area contributed by atoms with Crippen LogP contribution in [0, 0.1) is 0 Å². The Balaban J connectivity index is 1.04. The Morgan fingerprint density at radius 1 is 0.485 bits per heavy atom. The molecule has 17 bridgehead atoms. The first kappa shape index (κ1) is 96.0. The number of carboxylic acids is 1. The van der Waals surface area contributed by atoms with Crippen LogP contribution in [-0.2, 0) is 68.5 Å². The maximum Gasteiger partial charge on any atom is 0.330 e. The number of benzene rings is 7. The molecule has 9 aliphatic rings. The summed E-state index contributed by atoms with van der Waals surface area (Å²) < 4.78 is 57.5. The second-order valence-corrected chi connectivity index (χ2v) is 33.5. The van der Waals surface area contributed by atoms with Gasteiger partial charge in [-0.15, -0.1) is 0 Å². The topological polar surface area (TPSA) is 662 Å². The largest absolute Gasteiger partial charge is 0.508 e. The summed E-state index contributed by atoms with van der Waals surface area (Å²) in [5.74, 6) is -19.5. The molecule has 3 saturated heterocycles. The fraction of sp³-hybridized carbons (Fsp3) is 0.420. The number of carbonyl (C=O) groups excluding carboxylic acids is 8. The number of nitrogens with two attached hydrogens (primary N) is 1. The molecule has 1 unspecified atom stereocenters. The van der Waals surface area contributed by atoms with Gasteiger partial charge in [0.1, 0.15) is 156 Å². The van der Waals surface area contributed by atoms with E-state index < -0.39 is 316 Å². The zero-order chi connectivity index (χ0) is 94.7. The van der Waals surface area contributed by atoms with Gasteiger partial charge >= 0.3 is 5.97 Å². The number of ether oxygens (including phenoxy) is 9. The van der Waals surface area contributed by atoms with Gasteiger partial charge in [0.25, 0.3) is 0 Å². The molecule has 7 aromatic rings. The Kier molecular flexibility index (Phi) is 29.8. The van der Waals surface area contributed by atoms with Crippen molar-refractivity contribution in [2.45, 2.75) is 212 Å². The molecule has 44 heteroatoms. The smallest absolute Gasteiger partial charge is 0.330 e. The van der Waals surface area contributed by atoms with E-state index in [9.17, 15) is 95.8 Å². The van der Waals surface area contributed by atoms with E-state index in [1.807, 2.05) is 0 Å². The van der Waals surface area contributed by atoms with Gasteiger partial charge in [0, 0.05) is 48.6 Å². The molecule has 706 valence electrons. The molecule has 0 aromatic heterocycles. The second-order valence-electron chi connectivity index (χ2n) is 32.7. The van der Waals surface area contributed by atoms with E-state index in [2.05, 4.69) is 49.5 Å². The molecule has 8 amide bonds. The van der Waals surface area contributed by atoms with Crippen molar-refractivity contribution in [3.05, 3.63) is 164 Å². The number of hydrogen-bond donors (Lipinski definition) is 24. The summed E-state index contributed by atoms with van der Waals surface area (Å²) in [6.07, 6.45) is -23.8. The number of carboxylic acid groups (broad SMARTS) is 1. The number of aliphatic hydroxyl groups excluding tert-OH is 10. The first-order valence-electron chi connectivity index (χ1n) is 42.1. The van der Waals surface area contributed by atoms with Crippen molar-refractivity contribution in [1.82, 2.24) is 42.5 Å². The van der Waals surface area contributed by atoms with Gasteiger partial charge in [-0.25, -0.2) is 4.79 Å². The normalized spacial score (nSPS) is 28.9. The van der Waals surface area contributed by atoms with Gasteiger partial charge in [-0.3, -0.25) is 38.4 Å². The molecule has 42 nitrogen and oxygen atoms in total. The summed E-state index contributed by atoms with van der Waals surface area (Å²) in [4.78, 5) is 138. The molecule has 3 fully saturated rings. The Morgan fingerprint density at radius 2 is 1.03 bits per heavy atom. The van der Waals surface area contributed by atoms with E-state index in [-0.39, 0.29) is 39.8 Å². The summed E-state index contributed by atoms with van der Waals surface area (Å²) in [5, 5.41) is 190. The number of phenols is 4. The minimum Gasteiger partial charge on any atom is -0.508 e. The highest BCUT2D eigenvalue weighted by Crippen LogP contribution is 2.51. The van der Waals surface area contributed by atoms with Crippen LogP contribution in [0.25, 0.3) is 11.1 Å². The van der Waals surface area contributed by atoms with E-state index in [1.54, 1.807) is 0 Å². The number of rotatable bonds is 20. The van der Waals surface area contributed by atoms with Gasteiger partial charge < -0.3 is 167 Å². The average Bonchev–Trinajstić information content (AvgIpc) is 0.757. The Hall–Kier alpha value is -12.1. The van der Waals surface area contributed by atoms with Gasteiger partial charge in [-0.1, -0.05) is 92.9 Å². The SMILES string of the molecule is CCCCCCCCCC(=O)N[C@H]1[C@H](Oc2c3cc4cc2Oc2ccc(cc2Cl)[C@@H](O[C@@H]2O[C@H](CO)[C@@H](O)[C@H](O)[C@H]2NC(C)=O)[C@@H]2NC(=O)[C@H](NC(=O)[C@@H]4NC(=O)[C@H]4NC(=O)[C@@H](Cc5ccc(c(Cl)c5)O3)NC(=O)[C@@H](N)c3ccc(O)c(c3)Oc3cc(O)cc4c3)c3ccc(O)c(c3)-c3c(O[C@H]4O[C@H](CO)[C@@H](O)[C@H](O)[C@@H]4O)cc(O)cc3C(C(=O)O)NC2=O)O[C@H](CO)[C@@H](O)[C@@H]1O. The Labute approximate surface area is 759 Å². The minimum absolute atomic E-state index is 0.0272. The van der Waals surface area contributed by atoms with Crippen LogP contribution in [-0.4, -0.2) is 254 Å². The van der Waals surface area contributed by atoms with Crippen molar-refractivity contribution in [1.29, 1.82) is 0 Å². The van der Waals surface area contributed by atoms with Gasteiger partial charge in [-0.2, -0.15) is 0 Å². The molecule has 9 heterocycles. The maximum absolute atomic E-state index is 17.0. The van der Waals surface area contributed by atoms with Crippen molar-refractivity contribution in [3.8, 4) is 80.1 Å². The molecule has 0 saturated carbocycles. The number of aromatic hydroxyl groups is 4. The molecule has 9 aliphatic heterocycles. The number of phenolic OH excluding ortho intramolecular Hbond substituents is 4. The second kappa shape index (κ2) is 41.0. The van der Waals surface area contributed by atoms with Crippen molar-refractivity contribution >= 4 is 76.4 Å². The number of halogens is 2. The van der Waals surface area contributed by atoms with Crippen molar-refractivity contribution in [3.63, 3.8) is 0 Å². The number of amides is 8. The lowest BCUT2D eigenvalue weighted by atomic mass is 9.89. The number of unbranched alkanes of at least 4 members (excludes halogenated alkanes) is 6. The molecule has 7 aromatic carbocycles. The van der Waals surface area contributed by atoms with Crippen molar-refractivity contribution in [2.75, 3.05) is 19.8 Å². The highest BCUT2D eigenvalue weighted by Gasteiger charge is 2.52. The third-order valence-corrected chi connectivity index (χ3v) is 24.0. The van der Waals surface area contributed by atoms with Crippen LogP contribution in [0.4, 0.5) is 0 Å². The first-order valence-corrected chi connectivity index (χ1v) is 42.9. The number of carbonyl (C=O) groups is 9. The molecule has 0 radical (unpaired) electrons. The van der Waals surface area contributed by atoms with Crippen molar-refractivity contribution < 1.29 is 162 Å². The minimum atomic E-state index is -2.59. The molecule has 132 heavy (non-hydrogen) atoms. The number of fused-ring (bicyclic) bond motifs is 14. The number of nitrogens with one attached hydrogen (secondary N) is 8. The molecule has 23 atom stereocenters. The van der Waals surface area contributed by atoms with E-state index in [1.165, 1.54) is 30.3 Å². The summed E-state index contributed by atoms with van der Waals surface area (Å²) >= 11 is 14.7. The first-order chi connectivity index (χ1) is 63.0. The average molecular weight is 1880 g/mol. The molecular formula is C88H97Cl2N9O33. The predicted octanol–water partition coefficient (Wildman–Crippen LogP) is 1.16. The number of hydrogen-bond acceptors (Lipinski definition) is 33. The number of aliphatic carboxylic acids is 1. The zero-order valence-electron chi connectivity index (χ0n) is 70.1. The third kappa shape index (κ3) is 20.7. The zero-order valence-corrected chi connectivity index (χ0v) is 71.6. The lowest BCUT2D eigenvalue weighted by Crippen LogP contribution is -2.65. The monoisotopic (exact) mass is 1880 g/mol.